The average molecular weight is 403 g/mol. The van der Waals surface area contributed by atoms with Gasteiger partial charge < -0.3 is 14.8 Å². The summed E-state index contributed by atoms with van der Waals surface area (Å²) in [6.45, 7) is 3.08. The minimum atomic E-state index is 0. The third kappa shape index (κ3) is 3.70. The maximum atomic E-state index is 4.45. The van der Waals surface area contributed by atoms with Crippen LogP contribution in [0.1, 0.15) is 31.5 Å². The number of aliphatic imine (C=N–C) groups is 1. The van der Waals surface area contributed by atoms with E-state index in [-0.39, 0.29) is 24.0 Å². The van der Waals surface area contributed by atoms with E-state index in [4.69, 9.17) is 0 Å². The Labute approximate surface area is 144 Å². The van der Waals surface area contributed by atoms with Gasteiger partial charge in [0.1, 0.15) is 5.82 Å². The van der Waals surface area contributed by atoms with Crippen molar-refractivity contribution >= 4 is 29.9 Å². The lowest BCUT2D eigenvalue weighted by Crippen LogP contribution is -2.40. The highest BCUT2D eigenvalue weighted by molar-refractivity contribution is 14.0. The number of guanidine groups is 1. The van der Waals surface area contributed by atoms with Gasteiger partial charge in [0, 0.05) is 39.6 Å². The molecule has 1 aliphatic heterocycles. The maximum absolute atomic E-state index is 4.45. The third-order valence-corrected chi connectivity index (χ3v) is 4.81. The largest absolute Gasteiger partial charge is 0.349 e. The van der Waals surface area contributed by atoms with Crippen molar-refractivity contribution in [2.45, 2.75) is 32.2 Å². The summed E-state index contributed by atoms with van der Waals surface area (Å²) in [6, 6.07) is 0. The van der Waals surface area contributed by atoms with Gasteiger partial charge in [0.15, 0.2) is 5.96 Å². The van der Waals surface area contributed by atoms with Crippen LogP contribution in [0.25, 0.3) is 0 Å². The SMILES string of the molecule is CN=C(NCc1nccn1C)N1CC2CCCCC2C1.I. The number of hydrogen-bond acceptors (Lipinski definition) is 2. The monoisotopic (exact) mass is 403 g/mol. The Morgan fingerprint density at radius 3 is 2.52 bits per heavy atom. The van der Waals surface area contributed by atoms with Crippen molar-refractivity contribution < 1.29 is 0 Å². The van der Waals surface area contributed by atoms with E-state index in [2.05, 4.69) is 20.2 Å². The molecule has 2 heterocycles. The molecule has 2 fully saturated rings. The van der Waals surface area contributed by atoms with Gasteiger partial charge in [-0.15, -0.1) is 24.0 Å². The van der Waals surface area contributed by atoms with Crippen LogP contribution in [-0.2, 0) is 13.6 Å². The minimum absolute atomic E-state index is 0. The summed E-state index contributed by atoms with van der Waals surface area (Å²) in [6.07, 6.45) is 9.44. The van der Waals surface area contributed by atoms with Crippen LogP contribution < -0.4 is 5.32 Å². The first-order chi connectivity index (χ1) is 9.78. The summed E-state index contributed by atoms with van der Waals surface area (Å²) < 4.78 is 2.05. The zero-order valence-electron chi connectivity index (χ0n) is 13.0. The van der Waals surface area contributed by atoms with E-state index >= 15 is 0 Å². The maximum Gasteiger partial charge on any atom is 0.194 e. The molecule has 21 heavy (non-hydrogen) atoms. The molecule has 2 unspecified atom stereocenters. The van der Waals surface area contributed by atoms with Crippen molar-refractivity contribution in [2.24, 2.45) is 23.9 Å². The number of hydrogen-bond donors (Lipinski definition) is 1. The van der Waals surface area contributed by atoms with Gasteiger partial charge in [0.2, 0.25) is 0 Å². The standard InChI is InChI=1S/C15H25N5.HI/c1-16-15(18-9-14-17-7-8-19(14)2)20-10-12-5-3-4-6-13(12)11-20;/h7-8,12-13H,3-6,9-11H2,1-2H3,(H,16,18);1H. The molecule has 0 aromatic carbocycles. The first kappa shape index (κ1) is 16.6. The fourth-order valence-corrected chi connectivity index (χ4v) is 3.64. The molecule has 0 amide bonds. The second-order valence-electron chi connectivity index (χ2n) is 6.06. The van der Waals surface area contributed by atoms with Gasteiger partial charge in [-0.25, -0.2) is 4.98 Å². The highest BCUT2D eigenvalue weighted by Gasteiger charge is 2.35. The van der Waals surface area contributed by atoms with Crippen molar-refractivity contribution in [3.63, 3.8) is 0 Å². The smallest absolute Gasteiger partial charge is 0.194 e. The van der Waals surface area contributed by atoms with Crippen molar-refractivity contribution in [1.82, 2.24) is 19.8 Å². The van der Waals surface area contributed by atoms with Crippen molar-refractivity contribution in [3.8, 4) is 0 Å². The Morgan fingerprint density at radius 2 is 2.00 bits per heavy atom. The van der Waals surface area contributed by atoms with Crippen LogP contribution in [0.4, 0.5) is 0 Å². The lowest BCUT2D eigenvalue weighted by atomic mass is 9.82. The molecule has 3 rings (SSSR count). The Hall–Kier alpha value is -0.790. The van der Waals surface area contributed by atoms with E-state index in [1.165, 1.54) is 38.8 Å². The fourth-order valence-electron chi connectivity index (χ4n) is 3.64. The van der Waals surface area contributed by atoms with Crippen molar-refractivity contribution in [3.05, 3.63) is 18.2 Å². The molecule has 0 spiro atoms. The van der Waals surface area contributed by atoms with Crippen LogP contribution in [0.15, 0.2) is 17.4 Å². The quantitative estimate of drug-likeness (QED) is 0.468. The third-order valence-electron chi connectivity index (χ3n) is 4.81. The normalized spacial score (nSPS) is 25.4. The Kier molecular flexibility index (Phi) is 5.89. The van der Waals surface area contributed by atoms with Crippen LogP contribution in [0, 0.1) is 11.8 Å². The van der Waals surface area contributed by atoms with Crippen molar-refractivity contribution in [1.29, 1.82) is 0 Å². The highest BCUT2D eigenvalue weighted by Crippen LogP contribution is 2.35. The van der Waals surface area contributed by atoms with Gasteiger partial charge in [0.05, 0.1) is 6.54 Å². The summed E-state index contributed by atoms with van der Waals surface area (Å²) in [5, 5.41) is 3.46. The lowest BCUT2D eigenvalue weighted by molar-refractivity contribution is 0.299. The van der Waals surface area contributed by atoms with E-state index in [0.717, 1.165) is 30.2 Å². The first-order valence-corrected chi connectivity index (χ1v) is 7.69. The second kappa shape index (κ2) is 7.47. The topological polar surface area (TPSA) is 45.5 Å². The zero-order valence-corrected chi connectivity index (χ0v) is 15.3. The number of rotatable bonds is 2. The molecule has 0 bridgehead atoms. The van der Waals surface area contributed by atoms with E-state index in [9.17, 15) is 0 Å². The molecule has 1 saturated carbocycles. The number of nitrogens with one attached hydrogen (secondary N) is 1. The molecule has 2 aliphatic rings. The molecule has 6 heteroatoms. The molecule has 2 atom stereocenters. The minimum Gasteiger partial charge on any atom is -0.349 e. The molecular weight excluding hydrogens is 377 g/mol. The van der Waals surface area contributed by atoms with Gasteiger partial charge in [-0.05, 0) is 24.7 Å². The Morgan fingerprint density at radius 1 is 1.33 bits per heavy atom. The molecule has 1 aromatic rings. The number of halogens is 1. The van der Waals surface area contributed by atoms with E-state index < -0.39 is 0 Å². The molecule has 1 N–H and O–H groups in total. The van der Waals surface area contributed by atoms with Gasteiger partial charge >= 0.3 is 0 Å². The fraction of sp³-hybridized carbons (Fsp3) is 0.733. The average Bonchev–Trinajstić information content (AvgIpc) is 3.06. The number of nitrogens with zero attached hydrogens (tertiary/aromatic N) is 4. The number of likely N-dealkylation sites (tertiary alicyclic amines) is 1. The first-order valence-electron chi connectivity index (χ1n) is 7.69. The summed E-state index contributed by atoms with van der Waals surface area (Å²) in [4.78, 5) is 11.2. The molecule has 0 radical (unpaired) electrons. The van der Waals surface area contributed by atoms with Crippen molar-refractivity contribution in [2.75, 3.05) is 20.1 Å². The number of fused-ring (bicyclic) bond motifs is 1. The van der Waals surface area contributed by atoms with Crippen LogP contribution in [0.5, 0.6) is 0 Å². The summed E-state index contributed by atoms with van der Waals surface area (Å²) >= 11 is 0. The van der Waals surface area contributed by atoms with Crippen LogP contribution in [0.2, 0.25) is 0 Å². The predicted octanol–water partition coefficient (Wildman–Crippen LogP) is 2.24. The molecule has 1 aromatic heterocycles. The molecule has 5 nitrogen and oxygen atoms in total. The summed E-state index contributed by atoms with van der Waals surface area (Å²) in [5.74, 6) is 3.84. The van der Waals surface area contributed by atoms with Gasteiger partial charge in [-0.2, -0.15) is 0 Å². The second-order valence-corrected chi connectivity index (χ2v) is 6.06. The van der Waals surface area contributed by atoms with E-state index in [1.807, 2.05) is 31.1 Å². The zero-order chi connectivity index (χ0) is 13.9. The van der Waals surface area contributed by atoms with E-state index in [0.29, 0.717) is 0 Å². The van der Waals surface area contributed by atoms with E-state index in [1.54, 1.807) is 0 Å². The number of aromatic nitrogens is 2. The molecule has 1 aliphatic carbocycles. The lowest BCUT2D eigenvalue weighted by Gasteiger charge is -2.22. The van der Waals surface area contributed by atoms with Gasteiger partial charge in [0.25, 0.3) is 0 Å². The molecule has 1 saturated heterocycles. The molecular formula is C15H26IN5. The summed E-state index contributed by atoms with van der Waals surface area (Å²) in [5.41, 5.74) is 0. The Balaban J connectivity index is 0.00000161. The molecule has 118 valence electrons. The van der Waals surface area contributed by atoms with Gasteiger partial charge in [-0.1, -0.05) is 12.8 Å². The predicted molar refractivity (Wildman–Crippen MR) is 95.8 cm³/mol. The summed E-state index contributed by atoms with van der Waals surface area (Å²) in [7, 11) is 3.90. The number of imidazole rings is 1. The van der Waals surface area contributed by atoms with Crippen LogP contribution in [0.3, 0.4) is 0 Å². The Bertz CT molecular complexity index is 470. The van der Waals surface area contributed by atoms with Gasteiger partial charge in [-0.3, -0.25) is 4.99 Å². The highest BCUT2D eigenvalue weighted by atomic mass is 127. The van der Waals surface area contributed by atoms with Crippen LogP contribution in [-0.4, -0.2) is 40.5 Å². The number of aryl methyl sites for hydroxylation is 1. The van der Waals surface area contributed by atoms with Crippen LogP contribution >= 0.6 is 24.0 Å².